The minimum Gasteiger partial charge on any atom is -0.459 e. The van der Waals surface area contributed by atoms with E-state index in [4.69, 9.17) is 4.42 Å². The summed E-state index contributed by atoms with van der Waals surface area (Å²) in [5.74, 6) is -0.0517. The van der Waals surface area contributed by atoms with Gasteiger partial charge >= 0.3 is 0 Å². The first kappa shape index (κ1) is 11.8. The van der Waals surface area contributed by atoms with Crippen molar-refractivity contribution in [2.24, 2.45) is 0 Å². The lowest BCUT2D eigenvalue weighted by Gasteiger charge is -2.12. The van der Waals surface area contributed by atoms with Crippen molar-refractivity contribution in [3.63, 3.8) is 0 Å². The third kappa shape index (κ3) is 2.71. The fourth-order valence-corrected chi connectivity index (χ4v) is 1.94. The van der Waals surface area contributed by atoms with Crippen LogP contribution in [-0.4, -0.2) is 16.1 Å². The third-order valence-electron chi connectivity index (χ3n) is 2.03. The van der Waals surface area contributed by atoms with E-state index in [1.807, 2.05) is 20.8 Å². The number of furan rings is 1. The summed E-state index contributed by atoms with van der Waals surface area (Å²) in [6.45, 7) is 6.14. The van der Waals surface area contributed by atoms with Gasteiger partial charge in [0.05, 0.1) is 6.26 Å². The topological polar surface area (TPSA) is 68.0 Å². The molecule has 5 nitrogen and oxygen atoms in total. The lowest BCUT2D eigenvalue weighted by Crippen LogP contribution is -2.10. The van der Waals surface area contributed by atoms with Gasteiger partial charge in [0.2, 0.25) is 5.13 Å². The van der Waals surface area contributed by atoms with E-state index in [9.17, 15) is 4.79 Å². The minimum atomic E-state index is -0.313. The van der Waals surface area contributed by atoms with Crippen molar-refractivity contribution in [2.75, 3.05) is 5.32 Å². The molecule has 2 heterocycles. The highest BCUT2D eigenvalue weighted by atomic mass is 32.1. The zero-order valence-corrected chi connectivity index (χ0v) is 10.7. The number of hydrogen-bond donors (Lipinski definition) is 1. The first-order valence-electron chi connectivity index (χ1n) is 5.15. The second kappa shape index (κ2) is 4.29. The number of hydrogen-bond acceptors (Lipinski definition) is 5. The smallest absolute Gasteiger partial charge is 0.293 e. The van der Waals surface area contributed by atoms with E-state index in [0.29, 0.717) is 5.13 Å². The van der Waals surface area contributed by atoms with Crippen LogP contribution in [0.1, 0.15) is 36.3 Å². The van der Waals surface area contributed by atoms with Crippen molar-refractivity contribution in [2.45, 2.75) is 26.2 Å². The molecule has 2 rings (SSSR count). The molecular formula is C11H13N3O2S. The summed E-state index contributed by atoms with van der Waals surface area (Å²) in [4.78, 5) is 11.7. The molecule has 0 saturated heterocycles. The Hall–Kier alpha value is -1.69. The van der Waals surface area contributed by atoms with Crippen LogP contribution in [0.15, 0.2) is 22.8 Å². The van der Waals surface area contributed by atoms with E-state index in [-0.39, 0.29) is 17.1 Å². The maximum atomic E-state index is 11.7. The molecule has 0 radical (unpaired) electrons. The van der Waals surface area contributed by atoms with Gasteiger partial charge < -0.3 is 4.42 Å². The van der Waals surface area contributed by atoms with Gasteiger partial charge in [0, 0.05) is 5.41 Å². The normalized spacial score (nSPS) is 11.5. The number of amides is 1. The van der Waals surface area contributed by atoms with Crippen molar-refractivity contribution >= 4 is 22.4 Å². The minimum absolute atomic E-state index is 0.0642. The fraction of sp³-hybridized carbons (Fsp3) is 0.364. The van der Waals surface area contributed by atoms with Crippen LogP contribution in [0.3, 0.4) is 0 Å². The number of rotatable bonds is 2. The Morgan fingerprint density at radius 1 is 1.41 bits per heavy atom. The quantitative estimate of drug-likeness (QED) is 0.891. The van der Waals surface area contributed by atoms with Gasteiger partial charge in [0.15, 0.2) is 5.76 Å². The second-order valence-electron chi connectivity index (χ2n) is 4.59. The van der Waals surface area contributed by atoms with Crippen molar-refractivity contribution in [1.82, 2.24) is 10.2 Å². The largest absolute Gasteiger partial charge is 0.459 e. The maximum absolute atomic E-state index is 11.7. The molecule has 0 bridgehead atoms. The SMILES string of the molecule is CC(C)(C)c1nnc(NC(=O)c2ccco2)s1. The van der Waals surface area contributed by atoms with Crippen LogP contribution in [-0.2, 0) is 5.41 Å². The first-order chi connectivity index (χ1) is 7.97. The Bertz CT molecular complexity index is 511. The van der Waals surface area contributed by atoms with E-state index >= 15 is 0 Å². The van der Waals surface area contributed by atoms with Crippen molar-refractivity contribution in [1.29, 1.82) is 0 Å². The predicted octanol–water partition coefficient (Wildman–Crippen LogP) is 2.68. The van der Waals surface area contributed by atoms with Crippen molar-refractivity contribution in [3.8, 4) is 0 Å². The number of aromatic nitrogens is 2. The van der Waals surface area contributed by atoms with Crippen LogP contribution in [0.4, 0.5) is 5.13 Å². The Labute approximate surface area is 103 Å². The summed E-state index contributed by atoms with van der Waals surface area (Å²) >= 11 is 1.37. The average Bonchev–Trinajstić information content (AvgIpc) is 2.85. The number of nitrogens with one attached hydrogen (secondary N) is 1. The summed E-state index contributed by atoms with van der Waals surface area (Å²) in [7, 11) is 0. The monoisotopic (exact) mass is 251 g/mol. The van der Waals surface area contributed by atoms with Crippen LogP contribution >= 0.6 is 11.3 Å². The summed E-state index contributed by atoms with van der Waals surface area (Å²) in [5.41, 5.74) is -0.0642. The van der Waals surface area contributed by atoms with E-state index in [1.165, 1.54) is 17.6 Å². The molecule has 0 spiro atoms. The third-order valence-corrected chi connectivity index (χ3v) is 3.30. The summed E-state index contributed by atoms with van der Waals surface area (Å²) in [6, 6.07) is 3.26. The van der Waals surface area contributed by atoms with Crippen molar-refractivity contribution in [3.05, 3.63) is 29.2 Å². The van der Waals surface area contributed by atoms with Crippen LogP contribution in [0, 0.1) is 0 Å². The molecule has 0 aliphatic rings. The standard InChI is InChI=1S/C11H13N3O2S/c1-11(2,3)9-13-14-10(17-9)12-8(15)7-5-4-6-16-7/h4-6H,1-3H3,(H,12,14,15). The molecule has 17 heavy (non-hydrogen) atoms. The van der Waals surface area contributed by atoms with E-state index in [0.717, 1.165) is 5.01 Å². The lowest BCUT2D eigenvalue weighted by atomic mass is 9.98. The fourth-order valence-electron chi connectivity index (χ4n) is 1.14. The second-order valence-corrected chi connectivity index (χ2v) is 5.57. The molecule has 0 aliphatic heterocycles. The molecule has 90 valence electrons. The van der Waals surface area contributed by atoms with Gasteiger partial charge in [-0.05, 0) is 12.1 Å². The Balaban J connectivity index is 2.10. The summed E-state index contributed by atoms with van der Waals surface area (Å²) in [5, 5.41) is 12.0. The van der Waals surface area contributed by atoms with Crippen LogP contribution < -0.4 is 5.32 Å². The van der Waals surface area contributed by atoms with Gasteiger partial charge in [0.25, 0.3) is 5.91 Å². The number of anilines is 1. The number of carbonyl (C=O) groups excluding carboxylic acids is 1. The van der Waals surface area contributed by atoms with Gasteiger partial charge in [-0.25, -0.2) is 0 Å². The zero-order valence-electron chi connectivity index (χ0n) is 9.85. The van der Waals surface area contributed by atoms with Gasteiger partial charge in [-0.2, -0.15) is 0 Å². The predicted molar refractivity (Wildman–Crippen MR) is 65.3 cm³/mol. The molecule has 1 N–H and O–H groups in total. The molecular weight excluding hydrogens is 238 g/mol. The first-order valence-corrected chi connectivity index (χ1v) is 5.97. The van der Waals surface area contributed by atoms with Crippen LogP contribution in [0.5, 0.6) is 0 Å². The summed E-state index contributed by atoms with van der Waals surface area (Å²) in [6.07, 6.45) is 1.45. The van der Waals surface area contributed by atoms with E-state index < -0.39 is 0 Å². The van der Waals surface area contributed by atoms with Gasteiger partial charge in [-0.15, -0.1) is 10.2 Å². The highest BCUT2D eigenvalue weighted by Crippen LogP contribution is 2.27. The summed E-state index contributed by atoms with van der Waals surface area (Å²) < 4.78 is 4.99. The molecule has 0 aliphatic carbocycles. The number of carbonyl (C=O) groups is 1. The Morgan fingerprint density at radius 3 is 2.71 bits per heavy atom. The Morgan fingerprint density at radius 2 is 2.18 bits per heavy atom. The average molecular weight is 251 g/mol. The maximum Gasteiger partial charge on any atom is 0.293 e. The van der Waals surface area contributed by atoms with E-state index in [2.05, 4.69) is 15.5 Å². The molecule has 6 heteroatoms. The molecule has 0 aromatic carbocycles. The van der Waals surface area contributed by atoms with Gasteiger partial charge in [-0.1, -0.05) is 32.1 Å². The number of nitrogens with zero attached hydrogens (tertiary/aromatic N) is 2. The molecule has 0 atom stereocenters. The highest BCUT2D eigenvalue weighted by molar-refractivity contribution is 7.15. The molecule has 0 unspecified atom stereocenters. The lowest BCUT2D eigenvalue weighted by molar-refractivity contribution is 0.0996. The van der Waals surface area contributed by atoms with Crippen LogP contribution in [0.25, 0.3) is 0 Å². The molecule has 0 fully saturated rings. The van der Waals surface area contributed by atoms with Gasteiger partial charge in [-0.3, -0.25) is 10.1 Å². The highest BCUT2D eigenvalue weighted by Gasteiger charge is 2.20. The Kier molecular flexibility index (Phi) is 2.97. The molecule has 0 saturated carbocycles. The molecule has 2 aromatic heterocycles. The van der Waals surface area contributed by atoms with Gasteiger partial charge in [0.1, 0.15) is 5.01 Å². The van der Waals surface area contributed by atoms with Crippen molar-refractivity contribution < 1.29 is 9.21 Å². The van der Waals surface area contributed by atoms with E-state index in [1.54, 1.807) is 12.1 Å². The zero-order chi connectivity index (χ0) is 12.5. The molecule has 1 amide bonds. The molecule has 2 aromatic rings. The van der Waals surface area contributed by atoms with Crippen LogP contribution in [0.2, 0.25) is 0 Å².